The SMILES string of the molecule is CC1C[N+](C)(N=C=O)CCN1N=C=O. The van der Waals surface area contributed by atoms with Crippen molar-refractivity contribution >= 4 is 12.2 Å². The van der Waals surface area contributed by atoms with Crippen LogP contribution in [0.5, 0.6) is 0 Å². The zero-order valence-electron chi connectivity index (χ0n) is 8.30. The number of rotatable bonds is 2. The molecular formula is C8H13N4O2+. The number of hydrogen-bond acceptors (Lipinski definition) is 5. The molecule has 0 bridgehead atoms. The second kappa shape index (κ2) is 4.15. The summed E-state index contributed by atoms with van der Waals surface area (Å²) in [7, 11) is 1.85. The van der Waals surface area contributed by atoms with Gasteiger partial charge in [-0.25, -0.2) is 9.59 Å². The molecule has 0 radical (unpaired) electrons. The van der Waals surface area contributed by atoms with Crippen LogP contribution in [0.25, 0.3) is 0 Å². The average molecular weight is 197 g/mol. The van der Waals surface area contributed by atoms with Crippen LogP contribution in [-0.2, 0) is 9.59 Å². The molecule has 6 heteroatoms. The number of nitrogens with zero attached hydrogens (tertiary/aromatic N) is 4. The molecular weight excluding hydrogens is 184 g/mol. The molecule has 0 N–H and O–H groups in total. The van der Waals surface area contributed by atoms with Crippen LogP contribution in [0.4, 0.5) is 0 Å². The van der Waals surface area contributed by atoms with Crippen LogP contribution in [0.3, 0.4) is 0 Å². The summed E-state index contributed by atoms with van der Waals surface area (Å²) in [6, 6.07) is 0.0762. The molecule has 6 nitrogen and oxygen atoms in total. The maximum absolute atomic E-state index is 10.2. The van der Waals surface area contributed by atoms with E-state index >= 15 is 0 Å². The molecule has 14 heavy (non-hydrogen) atoms. The van der Waals surface area contributed by atoms with Crippen molar-refractivity contribution in [3.63, 3.8) is 0 Å². The molecule has 0 spiro atoms. The number of likely N-dealkylation sites (N-methyl/N-ethyl adjacent to an activating group) is 1. The van der Waals surface area contributed by atoms with Crippen molar-refractivity contribution in [2.24, 2.45) is 10.2 Å². The first kappa shape index (κ1) is 10.6. The summed E-state index contributed by atoms with van der Waals surface area (Å²) in [6.07, 6.45) is 3.08. The van der Waals surface area contributed by atoms with Gasteiger partial charge in [-0.2, -0.15) is 4.59 Å². The van der Waals surface area contributed by atoms with Crippen LogP contribution in [-0.4, -0.2) is 54.5 Å². The number of quaternary nitrogens is 1. The molecule has 0 amide bonds. The Balaban J connectivity index is 2.71. The summed E-state index contributed by atoms with van der Waals surface area (Å²) in [5.41, 5.74) is 0. The van der Waals surface area contributed by atoms with Gasteiger partial charge in [0.05, 0.1) is 19.6 Å². The lowest BCUT2D eigenvalue weighted by atomic mass is 10.2. The minimum atomic E-state index is 0.0762. The first-order valence-electron chi connectivity index (χ1n) is 4.40. The Labute approximate surface area is 82.1 Å². The molecule has 0 aromatic rings. The smallest absolute Gasteiger partial charge is 0.272 e. The molecule has 76 valence electrons. The van der Waals surface area contributed by atoms with Gasteiger partial charge in [0.2, 0.25) is 0 Å². The maximum Gasteiger partial charge on any atom is 0.294 e. The highest BCUT2D eigenvalue weighted by Gasteiger charge is 2.34. The van der Waals surface area contributed by atoms with E-state index in [1.165, 1.54) is 6.08 Å². The Morgan fingerprint density at radius 1 is 1.43 bits per heavy atom. The summed E-state index contributed by atoms with van der Waals surface area (Å²) in [5, 5.41) is 8.95. The molecule has 1 saturated heterocycles. The van der Waals surface area contributed by atoms with E-state index in [9.17, 15) is 9.59 Å². The van der Waals surface area contributed by atoms with Crippen LogP contribution in [0.1, 0.15) is 6.92 Å². The lowest BCUT2D eigenvalue weighted by molar-refractivity contribution is -0.922. The predicted octanol–water partition coefficient (Wildman–Crippen LogP) is -0.361. The molecule has 1 heterocycles. The van der Waals surface area contributed by atoms with Gasteiger partial charge in [0.25, 0.3) is 12.2 Å². The Kier molecular flexibility index (Phi) is 3.14. The van der Waals surface area contributed by atoms with Crippen molar-refractivity contribution in [3.05, 3.63) is 0 Å². The molecule has 0 aromatic carbocycles. The number of isocyanates is 2. The van der Waals surface area contributed by atoms with Gasteiger partial charge in [-0.05, 0) is 6.92 Å². The highest BCUT2D eigenvalue weighted by Crippen LogP contribution is 2.15. The van der Waals surface area contributed by atoms with E-state index in [2.05, 4.69) is 10.2 Å². The molecule has 0 saturated carbocycles. The van der Waals surface area contributed by atoms with Gasteiger partial charge in [0, 0.05) is 5.10 Å². The summed E-state index contributed by atoms with van der Waals surface area (Å²) < 4.78 is 0.301. The Bertz CT molecular complexity index is 306. The molecule has 1 aliphatic rings. The second-order valence-corrected chi connectivity index (χ2v) is 3.64. The van der Waals surface area contributed by atoms with E-state index in [0.29, 0.717) is 24.2 Å². The summed E-state index contributed by atoms with van der Waals surface area (Å²) in [6.45, 7) is 3.81. The zero-order valence-corrected chi connectivity index (χ0v) is 8.30. The first-order chi connectivity index (χ1) is 6.61. The van der Waals surface area contributed by atoms with Crippen LogP contribution in [0.15, 0.2) is 10.2 Å². The minimum Gasteiger partial charge on any atom is -0.272 e. The van der Waals surface area contributed by atoms with E-state index < -0.39 is 0 Å². The van der Waals surface area contributed by atoms with Gasteiger partial charge in [0.15, 0.2) is 0 Å². The molecule has 2 unspecified atom stereocenters. The van der Waals surface area contributed by atoms with Gasteiger partial charge in [-0.15, -0.1) is 0 Å². The first-order valence-corrected chi connectivity index (χ1v) is 4.40. The highest BCUT2D eigenvalue weighted by molar-refractivity contribution is 5.32. The topological polar surface area (TPSA) is 62.1 Å². The van der Waals surface area contributed by atoms with E-state index in [1.807, 2.05) is 14.0 Å². The van der Waals surface area contributed by atoms with E-state index in [4.69, 9.17) is 0 Å². The monoisotopic (exact) mass is 197 g/mol. The Morgan fingerprint density at radius 3 is 2.64 bits per heavy atom. The highest BCUT2D eigenvalue weighted by atomic mass is 16.1. The van der Waals surface area contributed by atoms with E-state index in [0.717, 1.165) is 0 Å². The quantitative estimate of drug-likeness (QED) is 0.345. The van der Waals surface area contributed by atoms with Crippen LogP contribution < -0.4 is 0 Å². The summed E-state index contributed by atoms with van der Waals surface area (Å²) in [5.74, 6) is 0. The van der Waals surface area contributed by atoms with Crippen molar-refractivity contribution in [1.29, 1.82) is 0 Å². The fourth-order valence-electron chi connectivity index (χ4n) is 1.68. The van der Waals surface area contributed by atoms with Crippen molar-refractivity contribution in [2.75, 3.05) is 26.7 Å². The summed E-state index contributed by atoms with van der Waals surface area (Å²) in [4.78, 5) is 20.3. The van der Waals surface area contributed by atoms with Crippen molar-refractivity contribution < 1.29 is 14.2 Å². The van der Waals surface area contributed by atoms with Gasteiger partial charge in [-0.1, -0.05) is 5.10 Å². The molecule has 1 fully saturated rings. The average Bonchev–Trinajstić information content (AvgIpc) is 2.10. The van der Waals surface area contributed by atoms with Crippen molar-refractivity contribution in [3.8, 4) is 0 Å². The standard InChI is InChI=1S/C8H13N4O2/c1-8-5-12(2,10-7-14)4-3-11(8)9-6-13/h8H,3-5H2,1-2H3/q+1. The van der Waals surface area contributed by atoms with Crippen LogP contribution in [0.2, 0.25) is 0 Å². The Hall–Kier alpha value is -1.48. The minimum absolute atomic E-state index is 0.0762. The number of hydrazone groups is 1. The maximum atomic E-state index is 10.2. The molecule has 1 rings (SSSR count). The van der Waals surface area contributed by atoms with Gasteiger partial charge < -0.3 is 0 Å². The number of hydrogen-bond donors (Lipinski definition) is 0. The van der Waals surface area contributed by atoms with Crippen LogP contribution in [0, 0.1) is 0 Å². The van der Waals surface area contributed by atoms with E-state index in [-0.39, 0.29) is 6.04 Å². The summed E-state index contributed by atoms with van der Waals surface area (Å²) >= 11 is 0. The number of carbonyl (C=O) groups excluding carboxylic acids is 2. The lowest BCUT2D eigenvalue weighted by Crippen LogP contribution is -2.56. The second-order valence-electron chi connectivity index (χ2n) is 3.64. The van der Waals surface area contributed by atoms with Gasteiger partial charge in [0.1, 0.15) is 13.1 Å². The van der Waals surface area contributed by atoms with Crippen molar-refractivity contribution in [2.45, 2.75) is 13.0 Å². The fourth-order valence-corrected chi connectivity index (χ4v) is 1.68. The molecule has 1 aliphatic heterocycles. The van der Waals surface area contributed by atoms with Crippen molar-refractivity contribution in [1.82, 2.24) is 5.01 Å². The number of piperazine rings is 1. The largest absolute Gasteiger partial charge is 0.294 e. The van der Waals surface area contributed by atoms with Gasteiger partial charge in [-0.3, -0.25) is 5.01 Å². The molecule has 0 aliphatic carbocycles. The van der Waals surface area contributed by atoms with Gasteiger partial charge >= 0.3 is 0 Å². The van der Waals surface area contributed by atoms with E-state index in [1.54, 1.807) is 11.1 Å². The normalized spacial score (nSPS) is 31.6. The van der Waals surface area contributed by atoms with Crippen LogP contribution >= 0.6 is 0 Å². The third kappa shape index (κ3) is 2.26. The zero-order chi connectivity index (χ0) is 10.6. The lowest BCUT2D eigenvalue weighted by Gasteiger charge is -2.38. The third-order valence-corrected chi connectivity index (χ3v) is 2.43. The predicted molar refractivity (Wildman–Crippen MR) is 48.3 cm³/mol. The Morgan fingerprint density at radius 2 is 2.14 bits per heavy atom. The molecule has 0 aromatic heterocycles. The fraction of sp³-hybridized carbons (Fsp3) is 0.750. The molecule has 2 atom stereocenters. The third-order valence-electron chi connectivity index (χ3n) is 2.43.